The summed E-state index contributed by atoms with van der Waals surface area (Å²) in [5, 5.41) is 8.28. The molecule has 6 nitrogen and oxygen atoms in total. The topological polar surface area (TPSA) is 91.9 Å². The number of amides is 1. The van der Waals surface area contributed by atoms with Crippen LogP contribution in [-0.4, -0.2) is 24.5 Å². The largest absolute Gasteiger partial charge is 0.334 e. The first kappa shape index (κ1) is 12.2. The molecule has 0 spiro atoms. The van der Waals surface area contributed by atoms with Crippen LogP contribution in [0.5, 0.6) is 0 Å². The van der Waals surface area contributed by atoms with Crippen molar-refractivity contribution in [2.75, 3.05) is 5.32 Å². The number of carbonyl (C=O) groups excluding carboxylic acids is 1. The molecule has 0 fully saturated rings. The van der Waals surface area contributed by atoms with E-state index in [0.717, 1.165) is 6.07 Å². The van der Waals surface area contributed by atoms with Crippen LogP contribution in [0.1, 0.15) is 10.5 Å². The average molecular weight is 269 g/mol. The Morgan fingerprint density at radius 3 is 2.61 bits per heavy atom. The van der Waals surface area contributed by atoms with Crippen LogP contribution < -0.4 is 5.32 Å². The third kappa shape index (κ3) is 2.54. The molecule has 2 rings (SSSR count). The van der Waals surface area contributed by atoms with Gasteiger partial charge in [0.1, 0.15) is 10.6 Å². The van der Waals surface area contributed by atoms with Gasteiger partial charge in [0.2, 0.25) is 0 Å². The standard InChI is InChI=1S/C10H8FN3O3S/c11-18(16,17)9-4-2-1-3-7(9)13-10(15)8-5-6-12-14-8/h1-6H,(H,12,14)(H,13,15). The second-order valence-corrected chi connectivity index (χ2v) is 4.67. The second kappa shape index (κ2) is 4.57. The van der Waals surface area contributed by atoms with Crippen LogP contribution >= 0.6 is 0 Å². The molecule has 0 bridgehead atoms. The van der Waals surface area contributed by atoms with Gasteiger partial charge < -0.3 is 5.32 Å². The highest BCUT2D eigenvalue weighted by atomic mass is 32.3. The zero-order chi connectivity index (χ0) is 13.2. The minimum absolute atomic E-state index is 0.125. The van der Waals surface area contributed by atoms with Crippen molar-refractivity contribution in [1.29, 1.82) is 0 Å². The van der Waals surface area contributed by atoms with Crippen LogP contribution in [0.15, 0.2) is 41.4 Å². The number of H-pyrrole nitrogens is 1. The van der Waals surface area contributed by atoms with Crippen molar-refractivity contribution in [3.05, 3.63) is 42.2 Å². The number of aromatic nitrogens is 2. The number of halogens is 1. The van der Waals surface area contributed by atoms with E-state index in [-0.39, 0.29) is 11.4 Å². The molecule has 18 heavy (non-hydrogen) atoms. The van der Waals surface area contributed by atoms with Gasteiger partial charge in [0.05, 0.1) is 5.69 Å². The summed E-state index contributed by atoms with van der Waals surface area (Å²) in [5.74, 6) is -0.608. The molecule has 1 aromatic carbocycles. The molecule has 0 saturated carbocycles. The maximum absolute atomic E-state index is 13.0. The number of para-hydroxylation sites is 1. The number of carbonyl (C=O) groups is 1. The first-order valence-electron chi connectivity index (χ1n) is 4.83. The van der Waals surface area contributed by atoms with E-state index in [1.54, 1.807) is 0 Å². The van der Waals surface area contributed by atoms with Crippen LogP contribution in [-0.2, 0) is 10.2 Å². The molecule has 0 unspecified atom stereocenters. The molecule has 0 atom stereocenters. The number of hydrogen-bond acceptors (Lipinski definition) is 4. The molecule has 2 N–H and O–H groups in total. The summed E-state index contributed by atoms with van der Waals surface area (Å²) >= 11 is 0. The summed E-state index contributed by atoms with van der Waals surface area (Å²) < 4.78 is 34.7. The number of hydrogen-bond donors (Lipinski definition) is 2. The third-order valence-electron chi connectivity index (χ3n) is 2.14. The number of aromatic amines is 1. The Labute approximate surface area is 102 Å². The van der Waals surface area contributed by atoms with Gasteiger partial charge >= 0.3 is 10.2 Å². The fourth-order valence-electron chi connectivity index (χ4n) is 1.35. The van der Waals surface area contributed by atoms with Crippen LogP contribution in [0.25, 0.3) is 0 Å². The lowest BCUT2D eigenvalue weighted by atomic mass is 10.3. The molecule has 1 aromatic heterocycles. The number of benzene rings is 1. The molecule has 0 aliphatic heterocycles. The molecule has 0 radical (unpaired) electrons. The van der Waals surface area contributed by atoms with Crippen molar-refractivity contribution in [2.24, 2.45) is 0 Å². The Kier molecular flexibility index (Phi) is 3.11. The normalized spacial score (nSPS) is 11.2. The van der Waals surface area contributed by atoms with Crippen molar-refractivity contribution >= 4 is 21.8 Å². The molecular weight excluding hydrogens is 261 g/mol. The summed E-state index contributed by atoms with van der Waals surface area (Å²) in [6, 6.07) is 6.61. The molecule has 1 amide bonds. The van der Waals surface area contributed by atoms with Crippen molar-refractivity contribution in [2.45, 2.75) is 4.90 Å². The van der Waals surface area contributed by atoms with Gasteiger partial charge in [-0.3, -0.25) is 9.89 Å². The SMILES string of the molecule is O=C(Nc1ccccc1S(=O)(=O)F)c1ccn[nH]1. The summed E-state index contributed by atoms with van der Waals surface area (Å²) in [4.78, 5) is 11.1. The van der Waals surface area contributed by atoms with Crippen LogP contribution in [0, 0.1) is 0 Å². The number of rotatable bonds is 3. The van der Waals surface area contributed by atoms with Gasteiger partial charge in [-0.15, -0.1) is 3.89 Å². The van der Waals surface area contributed by atoms with Gasteiger partial charge in [-0.1, -0.05) is 12.1 Å². The smallest absolute Gasteiger partial charge is 0.319 e. The quantitative estimate of drug-likeness (QED) is 0.822. The van der Waals surface area contributed by atoms with Crippen LogP contribution in [0.4, 0.5) is 9.57 Å². The highest BCUT2D eigenvalue weighted by Gasteiger charge is 2.18. The highest BCUT2D eigenvalue weighted by molar-refractivity contribution is 7.86. The zero-order valence-electron chi connectivity index (χ0n) is 8.92. The van der Waals surface area contributed by atoms with Crippen molar-refractivity contribution < 1.29 is 17.1 Å². The molecule has 94 valence electrons. The molecular formula is C10H8FN3O3S. The second-order valence-electron chi connectivity index (χ2n) is 3.36. The minimum atomic E-state index is -4.89. The predicted octanol–water partition coefficient (Wildman–Crippen LogP) is 1.32. The fourth-order valence-corrected chi connectivity index (χ4v) is 1.98. The lowest BCUT2D eigenvalue weighted by Gasteiger charge is -2.06. The maximum Gasteiger partial charge on any atom is 0.334 e. The van der Waals surface area contributed by atoms with Crippen molar-refractivity contribution in [3.8, 4) is 0 Å². The summed E-state index contributed by atoms with van der Waals surface area (Å²) in [7, 11) is -4.89. The monoisotopic (exact) mass is 269 g/mol. The minimum Gasteiger partial charge on any atom is -0.319 e. The van der Waals surface area contributed by atoms with Gasteiger partial charge in [-0.2, -0.15) is 13.5 Å². The summed E-state index contributed by atoms with van der Waals surface area (Å²) in [5.41, 5.74) is 0.0145. The van der Waals surface area contributed by atoms with Crippen LogP contribution in [0.2, 0.25) is 0 Å². The van der Waals surface area contributed by atoms with E-state index >= 15 is 0 Å². The van der Waals surface area contributed by atoms with E-state index in [1.165, 1.54) is 30.5 Å². The van der Waals surface area contributed by atoms with E-state index in [1.807, 2.05) is 0 Å². The lowest BCUT2D eigenvalue weighted by Crippen LogP contribution is -2.14. The summed E-state index contributed by atoms with van der Waals surface area (Å²) in [6.45, 7) is 0. The molecule has 8 heteroatoms. The molecule has 2 aromatic rings. The highest BCUT2D eigenvalue weighted by Crippen LogP contribution is 2.22. The summed E-state index contributed by atoms with van der Waals surface area (Å²) in [6.07, 6.45) is 1.37. The Bertz CT molecular complexity index is 667. The van der Waals surface area contributed by atoms with Gasteiger partial charge in [0, 0.05) is 6.20 Å². The Balaban J connectivity index is 2.33. The third-order valence-corrected chi connectivity index (χ3v) is 3.02. The average Bonchev–Trinajstić information content (AvgIpc) is 2.81. The Morgan fingerprint density at radius 1 is 1.28 bits per heavy atom. The van der Waals surface area contributed by atoms with E-state index in [2.05, 4.69) is 15.5 Å². The van der Waals surface area contributed by atoms with Gasteiger partial charge in [-0.05, 0) is 18.2 Å². The van der Waals surface area contributed by atoms with E-state index in [0.29, 0.717) is 0 Å². The molecule has 0 aliphatic rings. The number of nitrogens with one attached hydrogen (secondary N) is 2. The Morgan fingerprint density at radius 2 is 2.00 bits per heavy atom. The Hall–Kier alpha value is -2.22. The van der Waals surface area contributed by atoms with Crippen molar-refractivity contribution in [1.82, 2.24) is 10.2 Å². The molecule has 1 heterocycles. The zero-order valence-corrected chi connectivity index (χ0v) is 9.74. The van der Waals surface area contributed by atoms with E-state index in [4.69, 9.17) is 0 Å². The predicted molar refractivity (Wildman–Crippen MR) is 61.3 cm³/mol. The first-order chi connectivity index (χ1) is 8.48. The van der Waals surface area contributed by atoms with E-state index < -0.39 is 21.0 Å². The number of anilines is 1. The molecule has 0 aliphatic carbocycles. The van der Waals surface area contributed by atoms with Crippen LogP contribution in [0.3, 0.4) is 0 Å². The maximum atomic E-state index is 13.0. The fraction of sp³-hybridized carbons (Fsp3) is 0. The number of nitrogens with zero attached hydrogens (tertiary/aromatic N) is 1. The molecule has 0 saturated heterocycles. The van der Waals surface area contributed by atoms with E-state index in [9.17, 15) is 17.1 Å². The first-order valence-corrected chi connectivity index (χ1v) is 6.21. The van der Waals surface area contributed by atoms with Gasteiger partial charge in [-0.25, -0.2) is 0 Å². The lowest BCUT2D eigenvalue weighted by molar-refractivity contribution is 0.102. The van der Waals surface area contributed by atoms with Gasteiger partial charge in [0.25, 0.3) is 5.91 Å². The van der Waals surface area contributed by atoms with Gasteiger partial charge in [0.15, 0.2) is 0 Å². The van der Waals surface area contributed by atoms with Crippen molar-refractivity contribution in [3.63, 3.8) is 0 Å².